The van der Waals surface area contributed by atoms with Crippen molar-refractivity contribution in [1.29, 1.82) is 0 Å². The summed E-state index contributed by atoms with van der Waals surface area (Å²) < 4.78 is 12.7. The van der Waals surface area contributed by atoms with Crippen LogP contribution in [0.1, 0.15) is 19.4 Å². The first-order valence-corrected chi connectivity index (χ1v) is 5.58. The van der Waals surface area contributed by atoms with Crippen LogP contribution in [-0.2, 0) is 0 Å². The van der Waals surface area contributed by atoms with Crippen molar-refractivity contribution in [3.8, 4) is 11.1 Å². The zero-order valence-corrected chi connectivity index (χ0v) is 10.00. The molecule has 0 N–H and O–H groups in total. The van der Waals surface area contributed by atoms with Crippen molar-refractivity contribution in [3.05, 3.63) is 59.9 Å². The number of aryl methyl sites for hydroxylation is 1. The molecular formula is C15H17F. The summed E-state index contributed by atoms with van der Waals surface area (Å²) in [5.74, 6) is -0.193. The normalized spacial score (nSPS) is 9.25. The van der Waals surface area contributed by atoms with Crippen LogP contribution in [0.4, 0.5) is 4.39 Å². The van der Waals surface area contributed by atoms with Gasteiger partial charge >= 0.3 is 0 Å². The summed E-state index contributed by atoms with van der Waals surface area (Å²) in [6.45, 7) is 6.05. The molecule has 0 aliphatic heterocycles. The lowest BCUT2D eigenvalue weighted by atomic mass is 10.0. The Hall–Kier alpha value is -1.63. The molecule has 0 bridgehead atoms. The van der Waals surface area contributed by atoms with Gasteiger partial charge in [0, 0.05) is 0 Å². The highest BCUT2D eigenvalue weighted by atomic mass is 19.1. The zero-order valence-electron chi connectivity index (χ0n) is 10.00. The van der Waals surface area contributed by atoms with E-state index in [2.05, 4.69) is 6.07 Å². The van der Waals surface area contributed by atoms with E-state index in [-0.39, 0.29) is 5.82 Å². The lowest BCUT2D eigenvalue weighted by molar-refractivity contribution is 0.628. The van der Waals surface area contributed by atoms with Crippen LogP contribution >= 0.6 is 0 Å². The van der Waals surface area contributed by atoms with E-state index in [9.17, 15) is 4.39 Å². The van der Waals surface area contributed by atoms with E-state index in [1.807, 2.05) is 39.0 Å². The molecule has 0 atom stereocenters. The van der Waals surface area contributed by atoms with Crippen molar-refractivity contribution in [1.82, 2.24) is 0 Å². The molecule has 0 fully saturated rings. The van der Waals surface area contributed by atoms with Crippen molar-refractivity contribution < 1.29 is 4.39 Å². The second-order valence-corrected chi connectivity index (χ2v) is 3.38. The average Bonchev–Trinajstić information content (AvgIpc) is 2.32. The predicted octanol–water partition coefficient (Wildman–Crippen LogP) is 4.83. The Bertz CT molecular complexity index is 429. The Balaban J connectivity index is 0.000000606. The van der Waals surface area contributed by atoms with E-state index in [4.69, 9.17) is 0 Å². The topological polar surface area (TPSA) is 0 Å². The molecule has 0 radical (unpaired) electrons. The molecule has 2 aromatic rings. The lowest BCUT2D eigenvalue weighted by Crippen LogP contribution is -1.79. The van der Waals surface area contributed by atoms with Gasteiger partial charge in [0.05, 0.1) is 0 Å². The third-order valence-electron chi connectivity index (χ3n) is 2.20. The lowest BCUT2D eigenvalue weighted by Gasteiger charge is -2.02. The van der Waals surface area contributed by atoms with Crippen molar-refractivity contribution in [2.75, 3.05) is 0 Å². The van der Waals surface area contributed by atoms with Crippen LogP contribution < -0.4 is 0 Å². The summed E-state index contributed by atoms with van der Waals surface area (Å²) >= 11 is 0. The van der Waals surface area contributed by atoms with Gasteiger partial charge in [-0.05, 0) is 30.2 Å². The van der Waals surface area contributed by atoms with Gasteiger partial charge in [0.25, 0.3) is 0 Å². The maximum absolute atomic E-state index is 12.7. The predicted molar refractivity (Wildman–Crippen MR) is 67.9 cm³/mol. The molecule has 2 rings (SSSR count). The summed E-state index contributed by atoms with van der Waals surface area (Å²) in [5.41, 5.74) is 3.40. The van der Waals surface area contributed by atoms with Gasteiger partial charge in [0.15, 0.2) is 0 Å². The minimum atomic E-state index is -0.193. The van der Waals surface area contributed by atoms with Gasteiger partial charge < -0.3 is 0 Å². The van der Waals surface area contributed by atoms with Gasteiger partial charge in [-0.2, -0.15) is 0 Å². The number of halogens is 1. The van der Waals surface area contributed by atoms with E-state index < -0.39 is 0 Å². The Labute approximate surface area is 96.8 Å². The van der Waals surface area contributed by atoms with Crippen LogP contribution in [0.5, 0.6) is 0 Å². The second kappa shape index (κ2) is 6.06. The van der Waals surface area contributed by atoms with Gasteiger partial charge in [-0.1, -0.05) is 55.8 Å². The van der Waals surface area contributed by atoms with E-state index in [0.29, 0.717) is 0 Å². The molecule has 2 aromatic carbocycles. The highest BCUT2D eigenvalue weighted by Gasteiger charge is 1.97. The summed E-state index contributed by atoms with van der Waals surface area (Å²) in [6.07, 6.45) is 0. The summed E-state index contributed by atoms with van der Waals surface area (Å²) in [6, 6.07) is 14.7. The number of hydrogen-bond donors (Lipinski definition) is 0. The molecule has 16 heavy (non-hydrogen) atoms. The van der Waals surface area contributed by atoms with Crippen LogP contribution in [0, 0.1) is 12.7 Å². The molecule has 0 unspecified atom stereocenters. The van der Waals surface area contributed by atoms with Crippen LogP contribution in [0.3, 0.4) is 0 Å². The van der Waals surface area contributed by atoms with Crippen LogP contribution in [0.15, 0.2) is 48.5 Å². The Morgan fingerprint density at radius 3 is 2.00 bits per heavy atom. The number of rotatable bonds is 1. The SMILES string of the molecule is CC.Cc1cccc(-c2ccc(F)cc2)c1. The molecule has 0 spiro atoms. The largest absolute Gasteiger partial charge is 0.207 e. The summed E-state index contributed by atoms with van der Waals surface area (Å²) in [7, 11) is 0. The quantitative estimate of drug-likeness (QED) is 0.640. The van der Waals surface area contributed by atoms with Gasteiger partial charge in [0.2, 0.25) is 0 Å². The van der Waals surface area contributed by atoms with Crippen LogP contribution in [0.25, 0.3) is 11.1 Å². The number of hydrogen-bond acceptors (Lipinski definition) is 0. The fraction of sp³-hybridized carbons (Fsp3) is 0.200. The minimum absolute atomic E-state index is 0.193. The standard InChI is InChI=1S/C13H11F.C2H6/c1-10-3-2-4-12(9-10)11-5-7-13(14)8-6-11;1-2/h2-9H,1H3;1-2H3. The fourth-order valence-electron chi connectivity index (χ4n) is 1.47. The van der Waals surface area contributed by atoms with E-state index in [1.165, 1.54) is 17.7 Å². The minimum Gasteiger partial charge on any atom is -0.207 e. The third kappa shape index (κ3) is 3.20. The van der Waals surface area contributed by atoms with E-state index in [0.717, 1.165) is 11.1 Å². The second-order valence-electron chi connectivity index (χ2n) is 3.38. The molecule has 0 amide bonds. The summed E-state index contributed by atoms with van der Waals surface area (Å²) in [5, 5.41) is 0. The van der Waals surface area contributed by atoms with Crippen LogP contribution in [0.2, 0.25) is 0 Å². The monoisotopic (exact) mass is 216 g/mol. The van der Waals surface area contributed by atoms with Crippen molar-refractivity contribution in [3.63, 3.8) is 0 Å². The fourth-order valence-corrected chi connectivity index (χ4v) is 1.47. The zero-order chi connectivity index (χ0) is 12.0. The van der Waals surface area contributed by atoms with Gasteiger partial charge in [0.1, 0.15) is 5.82 Å². The van der Waals surface area contributed by atoms with Gasteiger partial charge in [-0.15, -0.1) is 0 Å². The smallest absolute Gasteiger partial charge is 0.123 e. The highest BCUT2D eigenvalue weighted by Crippen LogP contribution is 2.20. The number of benzene rings is 2. The summed E-state index contributed by atoms with van der Waals surface area (Å²) in [4.78, 5) is 0. The Morgan fingerprint density at radius 1 is 0.812 bits per heavy atom. The maximum atomic E-state index is 12.7. The first-order valence-electron chi connectivity index (χ1n) is 5.58. The third-order valence-corrected chi connectivity index (χ3v) is 2.20. The Kier molecular flexibility index (Phi) is 4.71. The molecule has 0 saturated heterocycles. The average molecular weight is 216 g/mol. The highest BCUT2D eigenvalue weighted by molar-refractivity contribution is 5.63. The molecule has 0 aliphatic carbocycles. The Morgan fingerprint density at radius 2 is 1.44 bits per heavy atom. The molecule has 0 aromatic heterocycles. The van der Waals surface area contributed by atoms with Crippen molar-refractivity contribution >= 4 is 0 Å². The maximum Gasteiger partial charge on any atom is 0.123 e. The van der Waals surface area contributed by atoms with Crippen molar-refractivity contribution in [2.45, 2.75) is 20.8 Å². The molecule has 84 valence electrons. The van der Waals surface area contributed by atoms with E-state index >= 15 is 0 Å². The first-order chi connectivity index (χ1) is 7.75. The van der Waals surface area contributed by atoms with Gasteiger partial charge in [-0.3, -0.25) is 0 Å². The molecule has 0 nitrogen and oxygen atoms in total. The van der Waals surface area contributed by atoms with Crippen LogP contribution in [-0.4, -0.2) is 0 Å². The molecule has 0 aliphatic rings. The molecule has 0 saturated carbocycles. The first kappa shape index (κ1) is 12.4. The molecular weight excluding hydrogens is 199 g/mol. The van der Waals surface area contributed by atoms with Crippen molar-refractivity contribution in [2.24, 2.45) is 0 Å². The molecule has 1 heteroatoms. The van der Waals surface area contributed by atoms with Gasteiger partial charge in [-0.25, -0.2) is 4.39 Å². The molecule has 0 heterocycles. The van der Waals surface area contributed by atoms with E-state index in [1.54, 1.807) is 12.1 Å².